The maximum atomic E-state index is 5.85. The highest BCUT2D eigenvalue weighted by atomic mass is 15.4. The lowest BCUT2D eigenvalue weighted by Crippen LogP contribution is -2.36. The van der Waals surface area contributed by atoms with Crippen LogP contribution in [0.1, 0.15) is 104 Å². The third kappa shape index (κ3) is 9.10. The molecule has 2 aliphatic rings. The molecule has 6 atom stereocenters. The Hall–Kier alpha value is -7.25. The molecule has 0 radical (unpaired) electrons. The molecule has 0 unspecified atom stereocenters. The van der Waals surface area contributed by atoms with Crippen LogP contribution in [0, 0.1) is 0 Å². The molecule has 334 valence electrons. The first-order valence-electron chi connectivity index (χ1n) is 24.2. The van der Waals surface area contributed by atoms with Crippen LogP contribution in [0.25, 0.3) is 0 Å². The van der Waals surface area contributed by atoms with Crippen LogP contribution in [0.5, 0.6) is 0 Å². The van der Waals surface area contributed by atoms with Crippen LogP contribution in [-0.2, 0) is 0 Å². The minimum atomic E-state index is -0.202. The summed E-state index contributed by atoms with van der Waals surface area (Å²) < 4.78 is 0. The Morgan fingerprint density at radius 3 is 0.868 bits per heavy atom. The van der Waals surface area contributed by atoms with Crippen molar-refractivity contribution in [2.45, 2.75) is 48.3 Å². The van der Waals surface area contributed by atoms with E-state index in [2.05, 4.69) is 281 Å². The van der Waals surface area contributed by atoms with Crippen LogP contribution in [0.15, 0.2) is 261 Å². The Kier molecular flexibility index (Phi) is 12.9. The molecule has 0 aliphatic carbocycles. The fourth-order valence-corrected chi connectivity index (χ4v) is 11.1. The number of nitrogens with one attached hydrogen (secondary N) is 2. The molecule has 2 fully saturated rings. The van der Waals surface area contributed by atoms with E-state index >= 15 is 0 Å². The van der Waals surface area contributed by atoms with Gasteiger partial charge in [0.1, 0.15) is 12.3 Å². The van der Waals surface area contributed by atoms with Crippen LogP contribution in [0.3, 0.4) is 0 Å². The van der Waals surface area contributed by atoms with Gasteiger partial charge in [-0.05, 0) is 56.6 Å². The summed E-state index contributed by atoms with van der Waals surface area (Å²) in [5, 5.41) is 8.47. The minimum absolute atomic E-state index is 0.00443. The molecule has 0 amide bonds. The van der Waals surface area contributed by atoms with Gasteiger partial charge in [0.15, 0.2) is 0 Å². The van der Waals surface area contributed by atoms with Gasteiger partial charge in [-0.2, -0.15) is 0 Å². The first kappa shape index (κ1) is 43.3. The molecule has 5 nitrogen and oxygen atoms in total. The van der Waals surface area contributed by atoms with Crippen LogP contribution < -0.4 is 10.6 Å². The molecule has 0 bridgehead atoms. The molecule has 5 heteroatoms. The van der Waals surface area contributed by atoms with Crippen molar-refractivity contribution in [3.63, 3.8) is 0 Å². The number of rotatable bonds is 14. The van der Waals surface area contributed by atoms with Gasteiger partial charge in [0.25, 0.3) is 0 Å². The maximum absolute atomic E-state index is 5.85. The summed E-state index contributed by atoms with van der Waals surface area (Å²) in [6, 6.07) is 95.0. The van der Waals surface area contributed by atoms with Crippen molar-refractivity contribution < 1.29 is 0 Å². The highest BCUT2D eigenvalue weighted by Gasteiger charge is 2.47. The zero-order valence-electron chi connectivity index (χ0n) is 38.2. The summed E-state index contributed by atoms with van der Waals surface area (Å²) in [5.41, 5.74) is 12.3. The second-order valence-corrected chi connectivity index (χ2v) is 18.3. The predicted molar refractivity (Wildman–Crippen MR) is 276 cm³/mol. The number of pyridine rings is 1. The molecule has 3 heterocycles. The molecule has 1 aromatic heterocycles. The fourth-order valence-electron chi connectivity index (χ4n) is 11.1. The molecular formula is C63H57N5. The maximum Gasteiger partial charge on any atom is 0.105 e. The van der Waals surface area contributed by atoms with Crippen molar-refractivity contribution >= 4 is 0 Å². The standard InChI is InChI=1S/C63H57N5/c1-9-26-46(27-10-1)54(47-28-11-2-12-29-47)44-67-60(52-38-21-7-22-39-52)58(50-34-17-5-18-35-50)65-62(67)56-42-25-43-57(64-56)63-66-59(51-36-19-6-20-37-51)61(53-40-23-8-24-41-53)68(63)45-55(48-30-13-3-14-31-48)49-32-15-4-16-33-49/h1-43,54-55,58-63,65-66H,44-45H2/t58-,59-,60-,61-,62+,63+/m0/s1. The third-order valence-electron chi connectivity index (χ3n) is 14.2. The molecule has 2 aliphatic heterocycles. The van der Waals surface area contributed by atoms with E-state index < -0.39 is 0 Å². The highest BCUT2D eigenvalue weighted by Crippen LogP contribution is 2.49. The van der Waals surface area contributed by atoms with Gasteiger partial charge in [0, 0.05) is 24.9 Å². The predicted octanol–water partition coefficient (Wildman–Crippen LogP) is 13.5. The van der Waals surface area contributed by atoms with Crippen LogP contribution in [0.2, 0.25) is 0 Å². The Bertz CT molecular complexity index is 2660. The first-order chi connectivity index (χ1) is 33.8. The molecule has 2 N–H and O–H groups in total. The average molecular weight is 884 g/mol. The third-order valence-corrected chi connectivity index (χ3v) is 14.2. The Morgan fingerprint density at radius 1 is 0.309 bits per heavy atom. The molecule has 68 heavy (non-hydrogen) atoms. The number of aromatic nitrogens is 1. The van der Waals surface area contributed by atoms with Crippen LogP contribution in [-0.4, -0.2) is 27.9 Å². The minimum Gasteiger partial charge on any atom is -0.288 e. The lowest BCUT2D eigenvalue weighted by Gasteiger charge is -2.35. The van der Waals surface area contributed by atoms with Crippen molar-refractivity contribution in [3.8, 4) is 0 Å². The number of nitrogens with zero attached hydrogens (tertiary/aromatic N) is 3. The summed E-state index contributed by atoms with van der Waals surface area (Å²) >= 11 is 0. The van der Waals surface area contributed by atoms with E-state index in [1.54, 1.807) is 0 Å². The van der Waals surface area contributed by atoms with Gasteiger partial charge in [-0.25, -0.2) is 0 Å². The highest BCUT2D eigenvalue weighted by molar-refractivity contribution is 5.39. The molecule has 0 spiro atoms. The summed E-state index contributed by atoms with van der Waals surface area (Å²) in [4.78, 5) is 11.2. The molecule has 9 aromatic rings. The van der Waals surface area contributed by atoms with E-state index in [0.717, 1.165) is 24.5 Å². The fraction of sp³-hybridized carbons (Fsp3) is 0.159. The van der Waals surface area contributed by atoms with Gasteiger partial charge in [0.05, 0.1) is 35.6 Å². The Morgan fingerprint density at radius 2 is 0.574 bits per heavy atom. The van der Waals surface area contributed by atoms with Crippen molar-refractivity contribution in [1.29, 1.82) is 0 Å². The monoisotopic (exact) mass is 883 g/mol. The number of hydrogen-bond acceptors (Lipinski definition) is 5. The van der Waals surface area contributed by atoms with E-state index in [9.17, 15) is 0 Å². The van der Waals surface area contributed by atoms with Crippen molar-refractivity contribution in [2.24, 2.45) is 0 Å². The van der Waals surface area contributed by atoms with E-state index in [-0.39, 0.29) is 48.3 Å². The Balaban J connectivity index is 1.05. The van der Waals surface area contributed by atoms with Gasteiger partial charge in [-0.1, -0.05) is 249 Å². The van der Waals surface area contributed by atoms with Gasteiger partial charge < -0.3 is 0 Å². The van der Waals surface area contributed by atoms with Crippen molar-refractivity contribution in [1.82, 2.24) is 25.4 Å². The van der Waals surface area contributed by atoms with Crippen molar-refractivity contribution in [2.75, 3.05) is 13.1 Å². The zero-order valence-corrected chi connectivity index (χ0v) is 38.2. The second kappa shape index (κ2) is 20.3. The van der Waals surface area contributed by atoms with Crippen LogP contribution >= 0.6 is 0 Å². The smallest absolute Gasteiger partial charge is 0.105 e. The van der Waals surface area contributed by atoms with E-state index in [1.165, 1.54) is 44.5 Å². The number of hydrogen-bond donors (Lipinski definition) is 2. The molecule has 8 aromatic carbocycles. The quantitative estimate of drug-likeness (QED) is 0.114. The summed E-state index contributed by atoms with van der Waals surface area (Å²) in [7, 11) is 0. The van der Waals surface area contributed by atoms with E-state index in [4.69, 9.17) is 4.98 Å². The molecule has 11 rings (SSSR count). The van der Waals surface area contributed by atoms with Gasteiger partial charge in [-0.15, -0.1) is 0 Å². The lowest BCUT2D eigenvalue weighted by molar-refractivity contribution is 0.169. The van der Waals surface area contributed by atoms with E-state index in [0.29, 0.717) is 0 Å². The molecule has 2 saturated heterocycles. The SMILES string of the molecule is c1ccc(C(CN2[C@H](c3cccc([C@@H]4N[C@@H](c5ccccc5)[C@H](c5ccccc5)N4CC(c4ccccc4)c4ccccc4)n3)N[C@@H](c3ccccc3)[C@@H]2c2ccccc2)c2ccccc2)cc1. The van der Waals surface area contributed by atoms with Gasteiger partial charge in [-0.3, -0.25) is 25.4 Å². The summed E-state index contributed by atoms with van der Waals surface area (Å²) in [6.07, 6.45) is -0.405. The summed E-state index contributed by atoms with van der Waals surface area (Å²) in [5.74, 6) is 0.229. The normalized spacial score (nSPS) is 20.8. The van der Waals surface area contributed by atoms with E-state index in [1.807, 2.05) is 0 Å². The summed E-state index contributed by atoms with van der Waals surface area (Å²) in [6.45, 7) is 1.55. The largest absolute Gasteiger partial charge is 0.288 e. The number of benzene rings is 8. The second-order valence-electron chi connectivity index (χ2n) is 18.3. The molecular weight excluding hydrogens is 827 g/mol. The Labute approximate surface area is 401 Å². The zero-order chi connectivity index (χ0) is 45.5. The first-order valence-corrected chi connectivity index (χ1v) is 24.2. The van der Waals surface area contributed by atoms with Crippen LogP contribution in [0.4, 0.5) is 0 Å². The molecule has 0 saturated carbocycles. The topological polar surface area (TPSA) is 43.4 Å². The van der Waals surface area contributed by atoms with Crippen molar-refractivity contribution in [3.05, 3.63) is 317 Å². The van der Waals surface area contributed by atoms with Gasteiger partial charge in [0.2, 0.25) is 0 Å². The lowest BCUT2D eigenvalue weighted by atomic mass is 9.88. The average Bonchev–Trinajstić information content (AvgIpc) is 4.01. The van der Waals surface area contributed by atoms with Gasteiger partial charge >= 0.3 is 0 Å².